The van der Waals surface area contributed by atoms with Crippen LogP contribution in [0, 0.1) is 13.8 Å². The van der Waals surface area contributed by atoms with E-state index >= 15 is 0 Å². The highest BCUT2D eigenvalue weighted by molar-refractivity contribution is 5.86. The first kappa shape index (κ1) is 24.5. The average molecular weight is 471 g/mol. The monoisotopic (exact) mass is 470 g/mol. The normalized spacial score (nSPS) is 16.8. The number of carbonyl (C=O) groups excluding carboxylic acids is 1. The fraction of sp³-hybridized carbons (Fsp3) is 0.357. The van der Waals surface area contributed by atoms with Crippen molar-refractivity contribution in [3.63, 3.8) is 0 Å². The number of aldehydes is 1. The summed E-state index contributed by atoms with van der Waals surface area (Å²) in [5.41, 5.74) is 5.17. The number of rotatable bonds is 3. The van der Waals surface area contributed by atoms with Crippen molar-refractivity contribution in [3.8, 4) is 11.3 Å². The van der Waals surface area contributed by atoms with Crippen LogP contribution in [0.1, 0.15) is 41.6 Å². The van der Waals surface area contributed by atoms with Gasteiger partial charge in [0, 0.05) is 48.8 Å². The van der Waals surface area contributed by atoms with E-state index in [1.54, 1.807) is 4.40 Å². The molecule has 1 aliphatic heterocycles. The van der Waals surface area contributed by atoms with Gasteiger partial charge in [0.1, 0.15) is 17.0 Å². The van der Waals surface area contributed by atoms with Gasteiger partial charge in [-0.2, -0.15) is 0 Å². The Hall–Kier alpha value is -3.58. The second kappa shape index (κ2) is 11.2. The Balaban J connectivity index is 0.000000165. The molecule has 1 atom stereocenters. The third-order valence-electron chi connectivity index (χ3n) is 6.50. The first-order chi connectivity index (χ1) is 17.0. The van der Waals surface area contributed by atoms with E-state index in [1.165, 1.54) is 12.8 Å². The fourth-order valence-electron chi connectivity index (χ4n) is 4.39. The van der Waals surface area contributed by atoms with Crippen molar-refractivity contribution >= 4 is 17.9 Å². The van der Waals surface area contributed by atoms with Crippen LogP contribution in [0.3, 0.4) is 0 Å². The standard InChI is InChI=1S/C14H24N4.C14H10N2O/c1-11-10-12(2)16-14(15-11)18-7-5-6-13(3)17(4)8-9-18;17-10-12-14(11-6-2-1-3-7-11)15-13-8-4-5-9-16(12)13/h10,13H,5-9H2,1-4H3;1-10H/t13-;/m1./s1. The number of nitrogens with zero attached hydrogens (tertiary/aromatic N) is 6. The molecule has 1 aliphatic rings. The molecule has 1 saturated heterocycles. The Kier molecular flexibility index (Phi) is 7.87. The lowest BCUT2D eigenvalue weighted by atomic mass is 10.1. The molecule has 7 heteroatoms. The van der Waals surface area contributed by atoms with Gasteiger partial charge in [0.2, 0.25) is 5.95 Å². The zero-order valence-corrected chi connectivity index (χ0v) is 21.1. The highest BCUT2D eigenvalue weighted by Gasteiger charge is 2.18. The number of aromatic nitrogens is 4. The second-order valence-corrected chi connectivity index (χ2v) is 9.17. The summed E-state index contributed by atoms with van der Waals surface area (Å²) in [6.45, 7) is 9.55. The molecule has 4 heterocycles. The van der Waals surface area contributed by atoms with Crippen molar-refractivity contribution in [2.75, 3.05) is 31.6 Å². The molecule has 0 spiro atoms. The highest BCUT2D eigenvalue weighted by atomic mass is 16.1. The van der Waals surface area contributed by atoms with Crippen LogP contribution >= 0.6 is 0 Å². The van der Waals surface area contributed by atoms with Gasteiger partial charge in [-0.3, -0.25) is 9.20 Å². The Morgan fingerprint density at radius 2 is 1.63 bits per heavy atom. The van der Waals surface area contributed by atoms with Gasteiger partial charge in [-0.1, -0.05) is 36.4 Å². The highest BCUT2D eigenvalue weighted by Crippen LogP contribution is 2.22. The SMILES string of the molecule is Cc1cc(C)nc(N2CCC[C@@H](C)N(C)CC2)n1.O=Cc1c(-c2ccccc2)nc2ccccn12. The summed E-state index contributed by atoms with van der Waals surface area (Å²) in [4.78, 5) is 29.6. The maximum atomic E-state index is 11.2. The molecule has 0 unspecified atom stereocenters. The fourth-order valence-corrected chi connectivity index (χ4v) is 4.39. The number of imidazole rings is 1. The summed E-state index contributed by atoms with van der Waals surface area (Å²) >= 11 is 0. The van der Waals surface area contributed by atoms with Crippen LogP contribution in [0.5, 0.6) is 0 Å². The van der Waals surface area contributed by atoms with E-state index in [2.05, 4.69) is 38.7 Å². The van der Waals surface area contributed by atoms with E-state index in [0.717, 1.165) is 60.2 Å². The lowest BCUT2D eigenvalue weighted by Crippen LogP contribution is -2.41. The molecule has 7 nitrogen and oxygen atoms in total. The topological polar surface area (TPSA) is 66.6 Å². The van der Waals surface area contributed by atoms with Crippen LogP contribution in [-0.4, -0.2) is 63.3 Å². The number of anilines is 1. The van der Waals surface area contributed by atoms with Crippen molar-refractivity contribution < 1.29 is 4.79 Å². The Morgan fingerprint density at radius 1 is 0.914 bits per heavy atom. The minimum absolute atomic E-state index is 0.590. The smallest absolute Gasteiger partial charge is 0.225 e. The molecular weight excluding hydrogens is 436 g/mol. The molecule has 0 radical (unpaired) electrons. The van der Waals surface area contributed by atoms with Crippen molar-refractivity contribution in [3.05, 3.63) is 77.9 Å². The molecule has 182 valence electrons. The second-order valence-electron chi connectivity index (χ2n) is 9.17. The van der Waals surface area contributed by atoms with Crippen LogP contribution < -0.4 is 4.90 Å². The van der Waals surface area contributed by atoms with E-state index < -0.39 is 0 Å². The van der Waals surface area contributed by atoms with Crippen LogP contribution in [0.15, 0.2) is 60.8 Å². The molecule has 5 rings (SSSR count). The number of hydrogen-bond acceptors (Lipinski definition) is 6. The molecule has 0 N–H and O–H groups in total. The van der Waals surface area contributed by atoms with Gasteiger partial charge in [-0.15, -0.1) is 0 Å². The Morgan fingerprint density at radius 3 is 2.34 bits per heavy atom. The van der Waals surface area contributed by atoms with E-state index in [-0.39, 0.29) is 0 Å². The summed E-state index contributed by atoms with van der Waals surface area (Å²) in [5.74, 6) is 0.899. The molecule has 0 saturated carbocycles. The molecule has 0 bridgehead atoms. The molecule has 0 aliphatic carbocycles. The maximum Gasteiger partial charge on any atom is 0.225 e. The molecule has 0 amide bonds. The van der Waals surface area contributed by atoms with Gasteiger partial charge in [0.05, 0.1) is 0 Å². The van der Waals surface area contributed by atoms with Gasteiger partial charge < -0.3 is 9.80 Å². The minimum atomic E-state index is 0.590. The summed E-state index contributed by atoms with van der Waals surface area (Å²) in [7, 11) is 2.20. The molecule has 35 heavy (non-hydrogen) atoms. The van der Waals surface area contributed by atoms with Gasteiger partial charge in [-0.05, 0) is 58.9 Å². The number of carbonyl (C=O) groups is 1. The third-order valence-corrected chi connectivity index (χ3v) is 6.50. The number of hydrogen-bond donors (Lipinski definition) is 0. The summed E-state index contributed by atoms with van der Waals surface area (Å²) in [5, 5.41) is 0. The number of benzene rings is 1. The largest absolute Gasteiger partial charge is 0.340 e. The van der Waals surface area contributed by atoms with Gasteiger partial charge >= 0.3 is 0 Å². The summed E-state index contributed by atoms with van der Waals surface area (Å²) in [6.07, 6.45) is 5.15. The van der Waals surface area contributed by atoms with Gasteiger partial charge in [0.25, 0.3) is 0 Å². The summed E-state index contributed by atoms with van der Waals surface area (Å²) in [6, 6.07) is 18.1. The number of likely N-dealkylation sites (N-methyl/N-ethyl adjacent to an activating group) is 1. The summed E-state index contributed by atoms with van der Waals surface area (Å²) < 4.78 is 1.80. The zero-order chi connectivity index (χ0) is 24.8. The molecule has 1 fully saturated rings. The zero-order valence-electron chi connectivity index (χ0n) is 21.1. The van der Waals surface area contributed by atoms with Crippen molar-refractivity contribution in [2.24, 2.45) is 0 Å². The number of aryl methyl sites for hydroxylation is 2. The number of fused-ring (bicyclic) bond motifs is 1. The predicted octanol–water partition coefficient (Wildman–Crippen LogP) is 4.83. The Bertz CT molecular complexity index is 1250. The lowest BCUT2D eigenvalue weighted by molar-refractivity contribution is 0.111. The van der Waals surface area contributed by atoms with Crippen LogP contribution in [0.4, 0.5) is 5.95 Å². The van der Waals surface area contributed by atoms with Crippen LogP contribution in [0.25, 0.3) is 16.9 Å². The van der Waals surface area contributed by atoms with Crippen molar-refractivity contribution in [2.45, 2.75) is 39.7 Å². The number of pyridine rings is 1. The lowest BCUT2D eigenvalue weighted by Gasteiger charge is -2.32. The van der Waals surface area contributed by atoms with E-state index in [4.69, 9.17) is 0 Å². The van der Waals surface area contributed by atoms with Crippen LogP contribution in [0.2, 0.25) is 0 Å². The van der Waals surface area contributed by atoms with E-state index in [9.17, 15) is 4.79 Å². The predicted molar refractivity (Wildman–Crippen MR) is 141 cm³/mol. The average Bonchev–Trinajstić information content (AvgIpc) is 3.24. The van der Waals surface area contributed by atoms with E-state index in [0.29, 0.717) is 11.7 Å². The van der Waals surface area contributed by atoms with E-state index in [1.807, 2.05) is 74.6 Å². The van der Waals surface area contributed by atoms with Gasteiger partial charge in [-0.25, -0.2) is 15.0 Å². The maximum absolute atomic E-state index is 11.2. The van der Waals surface area contributed by atoms with Crippen molar-refractivity contribution in [1.82, 2.24) is 24.3 Å². The molecule has 3 aromatic heterocycles. The quantitative estimate of drug-likeness (QED) is 0.400. The van der Waals surface area contributed by atoms with Gasteiger partial charge in [0.15, 0.2) is 6.29 Å². The first-order valence-electron chi connectivity index (χ1n) is 12.2. The van der Waals surface area contributed by atoms with Crippen molar-refractivity contribution in [1.29, 1.82) is 0 Å². The molecular formula is C28H34N6O. The Labute approximate surface area is 207 Å². The minimum Gasteiger partial charge on any atom is -0.340 e. The van der Waals surface area contributed by atoms with Crippen LogP contribution in [-0.2, 0) is 0 Å². The molecule has 1 aromatic carbocycles. The molecule has 4 aromatic rings. The third kappa shape index (κ3) is 5.92. The first-order valence-corrected chi connectivity index (χ1v) is 12.2.